The Labute approximate surface area is 131 Å². The number of halogens is 1. The van der Waals surface area contributed by atoms with Crippen molar-refractivity contribution in [1.29, 1.82) is 0 Å². The lowest BCUT2D eigenvalue weighted by atomic mass is 10.1. The van der Waals surface area contributed by atoms with Crippen molar-refractivity contribution in [2.24, 2.45) is 0 Å². The van der Waals surface area contributed by atoms with Gasteiger partial charge in [-0.3, -0.25) is 14.9 Å². The lowest BCUT2D eigenvalue weighted by Crippen LogP contribution is -2.42. The van der Waals surface area contributed by atoms with Crippen molar-refractivity contribution >= 4 is 17.6 Å². The van der Waals surface area contributed by atoms with E-state index in [0.29, 0.717) is 12.8 Å². The Morgan fingerprint density at radius 3 is 2.70 bits per heavy atom. The fourth-order valence-corrected chi connectivity index (χ4v) is 1.78. The standard InChI is InChI=1S/C14H17FN2O6/c1-2-3-4-11(14(19)20)16-13(18)8-23-9-5-6-12(17(21)22)10(15)7-9/h5-7,11H,2-4,8H2,1H3,(H,16,18)(H,19,20). The summed E-state index contributed by atoms with van der Waals surface area (Å²) in [4.78, 5) is 32.2. The number of hydrogen-bond acceptors (Lipinski definition) is 5. The van der Waals surface area contributed by atoms with Crippen LogP contribution in [-0.4, -0.2) is 34.6 Å². The highest BCUT2D eigenvalue weighted by Crippen LogP contribution is 2.22. The van der Waals surface area contributed by atoms with Crippen LogP contribution < -0.4 is 10.1 Å². The van der Waals surface area contributed by atoms with Crippen molar-refractivity contribution in [3.63, 3.8) is 0 Å². The van der Waals surface area contributed by atoms with Crippen LogP contribution in [0.4, 0.5) is 10.1 Å². The van der Waals surface area contributed by atoms with Gasteiger partial charge in [-0.15, -0.1) is 0 Å². The Morgan fingerprint density at radius 2 is 2.17 bits per heavy atom. The van der Waals surface area contributed by atoms with Gasteiger partial charge in [-0.05, 0) is 12.5 Å². The van der Waals surface area contributed by atoms with E-state index in [2.05, 4.69) is 5.32 Å². The van der Waals surface area contributed by atoms with Gasteiger partial charge in [0, 0.05) is 12.1 Å². The van der Waals surface area contributed by atoms with Crippen LogP contribution in [-0.2, 0) is 9.59 Å². The summed E-state index contributed by atoms with van der Waals surface area (Å²) in [6, 6.07) is 1.85. The molecule has 0 aliphatic heterocycles. The van der Waals surface area contributed by atoms with Gasteiger partial charge in [-0.25, -0.2) is 4.79 Å². The summed E-state index contributed by atoms with van der Waals surface area (Å²) in [5.74, 6) is -2.97. The van der Waals surface area contributed by atoms with Gasteiger partial charge in [-0.1, -0.05) is 19.8 Å². The number of aliphatic carboxylic acids is 1. The summed E-state index contributed by atoms with van der Waals surface area (Å²) in [5, 5.41) is 21.8. The number of amides is 1. The number of nitrogens with one attached hydrogen (secondary N) is 1. The summed E-state index contributed by atoms with van der Waals surface area (Å²) in [6.07, 6.45) is 1.73. The number of nitro benzene ring substituents is 1. The third-order valence-electron chi connectivity index (χ3n) is 2.97. The minimum atomic E-state index is -1.15. The molecule has 9 heteroatoms. The normalized spacial score (nSPS) is 11.6. The van der Waals surface area contributed by atoms with Gasteiger partial charge in [0.2, 0.25) is 5.82 Å². The average Bonchev–Trinajstić information content (AvgIpc) is 2.48. The van der Waals surface area contributed by atoms with Crippen LogP contribution in [0.1, 0.15) is 26.2 Å². The molecule has 8 nitrogen and oxygen atoms in total. The molecule has 1 aromatic carbocycles. The molecule has 23 heavy (non-hydrogen) atoms. The van der Waals surface area contributed by atoms with Crippen LogP contribution in [0.5, 0.6) is 5.75 Å². The van der Waals surface area contributed by atoms with E-state index < -0.39 is 41.0 Å². The number of carboxylic acids is 1. The topological polar surface area (TPSA) is 119 Å². The number of unbranched alkanes of at least 4 members (excludes halogenated alkanes) is 1. The van der Waals surface area contributed by atoms with E-state index in [-0.39, 0.29) is 5.75 Å². The van der Waals surface area contributed by atoms with Crippen LogP contribution >= 0.6 is 0 Å². The molecular formula is C14H17FN2O6. The molecule has 0 saturated heterocycles. The predicted octanol–water partition coefficient (Wildman–Crippen LogP) is 1.87. The quantitative estimate of drug-likeness (QED) is 0.527. The molecule has 0 radical (unpaired) electrons. The zero-order chi connectivity index (χ0) is 17.4. The van der Waals surface area contributed by atoms with Crippen LogP contribution in [0.25, 0.3) is 0 Å². The molecule has 0 heterocycles. The summed E-state index contributed by atoms with van der Waals surface area (Å²) in [6.45, 7) is 1.38. The Balaban J connectivity index is 2.56. The van der Waals surface area contributed by atoms with Gasteiger partial charge in [-0.2, -0.15) is 4.39 Å². The van der Waals surface area contributed by atoms with E-state index in [1.165, 1.54) is 0 Å². The molecule has 1 unspecified atom stereocenters. The van der Waals surface area contributed by atoms with Crippen LogP contribution in [0.3, 0.4) is 0 Å². The average molecular weight is 328 g/mol. The molecule has 0 aromatic heterocycles. The molecule has 1 amide bonds. The number of carbonyl (C=O) groups is 2. The van der Waals surface area contributed by atoms with Gasteiger partial charge in [0.05, 0.1) is 4.92 Å². The van der Waals surface area contributed by atoms with Crippen LogP contribution in [0.15, 0.2) is 18.2 Å². The lowest BCUT2D eigenvalue weighted by Gasteiger charge is -2.14. The second-order valence-electron chi connectivity index (χ2n) is 4.76. The number of carboxylic acid groups (broad SMARTS) is 1. The number of carbonyl (C=O) groups excluding carboxylic acids is 1. The molecular weight excluding hydrogens is 311 g/mol. The molecule has 0 bridgehead atoms. The van der Waals surface area contributed by atoms with E-state index in [9.17, 15) is 24.1 Å². The van der Waals surface area contributed by atoms with Gasteiger partial charge in [0.1, 0.15) is 11.8 Å². The minimum Gasteiger partial charge on any atom is -0.484 e. The molecule has 1 rings (SSSR count). The predicted molar refractivity (Wildman–Crippen MR) is 77.6 cm³/mol. The fourth-order valence-electron chi connectivity index (χ4n) is 1.78. The molecule has 1 aromatic rings. The highest BCUT2D eigenvalue weighted by atomic mass is 19.1. The molecule has 2 N–H and O–H groups in total. The van der Waals surface area contributed by atoms with E-state index in [0.717, 1.165) is 24.6 Å². The lowest BCUT2D eigenvalue weighted by molar-refractivity contribution is -0.387. The Hall–Kier alpha value is -2.71. The molecule has 0 saturated carbocycles. The first-order chi connectivity index (χ1) is 10.8. The fraction of sp³-hybridized carbons (Fsp3) is 0.429. The number of nitrogens with zero attached hydrogens (tertiary/aromatic N) is 1. The third kappa shape index (κ3) is 5.89. The van der Waals surface area contributed by atoms with Crippen molar-refractivity contribution in [3.8, 4) is 5.75 Å². The maximum absolute atomic E-state index is 13.4. The van der Waals surface area contributed by atoms with Crippen molar-refractivity contribution in [1.82, 2.24) is 5.32 Å². The molecule has 0 spiro atoms. The SMILES string of the molecule is CCCCC(NC(=O)COc1ccc([N+](=O)[O-])c(F)c1)C(=O)O. The maximum atomic E-state index is 13.4. The monoisotopic (exact) mass is 328 g/mol. The van der Waals surface area contributed by atoms with E-state index >= 15 is 0 Å². The summed E-state index contributed by atoms with van der Waals surface area (Å²) in [7, 11) is 0. The number of nitro groups is 1. The maximum Gasteiger partial charge on any atom is 0.326 e. The minimum absolute atomic E-state index is 0.0660. The largest absolute Gasteiger partial charge is 0.484 e. The first-order valence-corrected chi connectivity index (χ1v) is 6.94. The van der Waals surface area contributed by atoms with Gasteiger partial charge < -0.3 is 15.2 Å². The zero-order valence-corrected chi connectivity index (χ0v) is 12.5. The van der Waals surface area contributed by atoms with Crippen molar-refractivity contribution in [2.75, 3.05) is 6.61 Å². The number of rotatable bonds is 9. The van der Waals surface area contributed by atoms with E-state index in [1.54, 1.807) is 0 Å². The molecule has 0 fully saturated rings. The number of benzene rings is 1. The second kappa shape index (κ2) is 8.66. The summed E-state index contributed by atoms with van der Waals surface area (Å²) < 4.78 is 18.4. The van der Waals surface area contributed by atoms with E-state index in [1.807, 2.05) is 6.92 Å². The smallest absolute Gasteiger partial charge is 0.326 e. The van der Waals surface area contributed by atoms with Crippen molar-refractivity contribution in [3.05, 3.63) is 34.1 Å². The van der Waals surface area contributed by atoms with Crippen LogP contribution in [0, 0.1) is 15.9 Å². The highest BCUT2D eigenvalue weighted by Gasteiger charge is 2.20. The molecule has 0 aliphatic rings. The number of hydrogen-bond donors (Lipinski definition) is 2. The van der Waals surface area contributed by atoms with Gasteiger partial charge >= 0.3 is 11.7 Å². The van der Waals surface area contributed by atoms with Crippen molar-refractivity contribution in [2.45, 2.75) is 32.2 Å². The van der Waals surface area contributed by atoms with Crippen LogP contribution in [0.2, 0.25) is 0 Å². The Kier molecular flexibility index (Phi) is 6.91. The third-order valence-corrected chi connectivity index (χ3v) is 2.97. The molecule has 0 aliphatic carbocycles. The van der Waals surface area contributed by atoms with Gasteiger partial charge in [0.15, 0.2) is 6.61 Å². The zero-order valence-electron chi connectivity index (χ0n) is 12.5. The summed E-state index contributed by atoms with van der Waals surface area (Å²) in [5.41, 5.74) is -0.702. The van der Waals surface area contributed by atoms with E-state index in [4.69, 9.17) is 9.84 Å². The Bertz CT molecular complexity index is 593. The number of ether oxygens (including phenoxy) is 1. The van der Waals surface area contributed by atoms with Crippen molar-refractivity contribution < 1.29 is 28.7 Å². The molecule has 1 atom stereocenters. The Morgan fingerprint density at radius 1 is 1.48 bits per heavy atom. The van der Waals surface area contributed by atoms with Gasteiger partial charge in [0.25, 0.3) is 5.91 Å². The first-order valence-electron chi connectivity index (χ1n) is 6.94. The molecule has 126 valence electrons. The second-order valence-corrected chi connectivity index (χ2v) is 4.76. The highest BCUT2D eigenvalue weighted by molar-refractivity contribution is 5.84. The summed E-state index contributed by atoms with van der Waals surface area (Å²) >= 11 is 0. The first kappa shape index (κ1) is 18.3.